The molecular formula is C19H14ClF3N2O3S2. The zero-order valence-corrected chi connectivity index (χ0v) is 17.7. The van der Waals surface area contributed by atoms with Crippen LogP contribution in [0.2, 0.25) is 5.02 Å². The van der Waals surface area contributed by atoms with E-state index in [2.05, 4.69) is 10.3 Å². The van der Waals surface area contributed by atoms with E-state index >= 15 is 0 Å². The van der Waals surface area contributed by atoms with Crippen molar-refractivity contribution in [3.8, 4) is 9.88 Å². The topological polar surface area (TPSA) is 68.3 Å². The van der Waals surface area contributed by atoms with E-state index in [1.54, 1.807) is 5.38 Å². The molecule has 30 heavy (non-hydrogen) atoms. The molecule has 1 unspecified atom stereocenters. The molecule has 0 spiro atoms. The van der Waals surface area contributed by atoms with Crippen molar-refractivity contribution >= 4 is 51.8 Å². The second-order valence-corrected chi connectivity index (χ2v) is 8.35. The smallest absolute Gasteiger partial charge is 0.418 e. The Morgan fingerprint density at radius 2 is 2.03 bits per heavy atom. The minimum absolute atomic E-state index is 0.120. The Kier molecular flexibility index (Phi) is 6.79. The lowest BCUT2D eigenvalue weighted by Crippen LogP contribution is -2.31. The monoisotopic (exact) mass is 474 g/mol. The Morgan fingerprint density at radius 1 is 1.27 bits per heavy atom. The first-order valence-corrected chi connectivity index (χ1v) is 10.6. The number of anilines is 1. The predicted octanol–water partition coefficient (Wildman–Crippen LogP) is 5.66. The number of hydrogen-bond acceptors (Lipinski definition) is 6. The molecule has 5 nitrogen and oxygen atoms in total. The first kappa shape index (κ1) is 22.3. The summed E-state index contributed by atoms with van der Waals surface area (Å²) in [5.41, 5.74) is -1.08. The van der Waals surface area contributed by atoms with E-state index in [9.17, 15) is 22.8 Å². The van der Waals surface area contributed by atoms with Crippen LogP contribution < -0.4 is 5.32 Å². The van der Waals surface area contributed by atoms with E-state index < -0.39 is 35.4 Å². The molecule has 1 atom stereocenters. The quantitative estimate of drug-likeness (QED) is 0.468. The molecule has 0 radical (unpaired) electrons. The van der Waals surface area contributed by atoms with Crippen LogP contribution >= 0.6 is 34.3 Å². The molecule has 0 aliphatic carbocycles. The third-order valence-corrected chi connectivity index (χ3v) is 6.00. The number of amides is 1. The predicted molar refractivity (Wildman–Crippen MR) is 110 cm³/mol. The van der Waals surface area contributed by atoms with Crippen LogP contribution in [0.4, 0.5) is 18.9 Å². The summed E-state index contributed by atoms with van der Waals surface area (Å²) in [7, 11) is 0. The van der Waals surface area contributed by atoms with Crippen LogP contribution in [0.3, 0.4) is 0 Å². The standard InChI is InChI=1S/C19H14ClF3N2O3S2/c1-10(17(27)25-14-5-4-11(20)7-13(14)19(21,22)23)28-16(26)8-12-9-30-18(24-12)15-3-2-6-29-15/h2-7,9-10H,8H2,1H3,(H,25,27). The average molecular weight is 475 g/mol. The molecule has 158 valence electrons. The van der Waals surface area contributed by atoms with Crippen molar-refractivity contribution in [3.63, 3.8) is 0 Å². The second-order valence-electron chi connectivity index (χ2n) is 6.11. The molecule has 2 aromatic heterocycles. The number of alkyl halides is 3. The molecule has 0 fully saturated rings. The molecule has 0 aliphatic rings. The van der Waals surface area contributed by atoms with Crippen LogP contribution in [0.25, 0.3) is 9.88 Å². The summed E-state index contributed by atoms with van der Waals surface area (Å²) < 4.78 is 44.5. The lowest BCUT2D eigenvalue weighted by Gasteiger charge is -2.17. The maximum absolute atomic E-state index is 13.1. The number of rotatable bonds is 6. The summed E-state index contributed by atoms with van der Waals surface area (Å²) in [5, 5.41) is 6.40. The number of hydrogen-bond donors (Lipinski definition) is 1. The fraction of sp³-hybridized carbons (Fsp3) is 0.211. The van der Waals surface area contributed by atoms with Gasteiger partial charge in [0.1, 0.15) is 5.01 Å². The van der Waals surface area contributed by atoms with Crippen molar-refractivity contribution in [2.75, 3.05) is 5.32 Å². The zero-order valence-electron chi connectivity index (χ0n) is 15.3. The maximum Gasteiger partial charge on any atom is 0.418 e. The lowest BCUT2D eigenvalue weighted by molar-refractivity contribution is -0.152. The number of halogens is 4. The minimum atomic E-state index is -4.71. The molecule has 1 N–H and O–H groups in total. The van der Waals surface area contributed by atoms with Crippen molar-refractivity contribution in [2.24, 2.45) is 0 Å². The third-order valence-electron chi connectivity index (χ3n) is 3.83. The molecule has 1 aromatic carbocycles. The average Bonchev–Trinajstić information content (AvgIpc) is 3.33. The number of esters is 1. The fourth-order valence-electron chi connectivity index (χ4n) is 2.44. The van der Waals surface area contributed by atoms with Gasteiger partial charge in [-0.1, -0.05) is 17.7 Å². The van der Waals surface area contributed by atoms with Crippen LogP contribution in [0.15, 0.2) is 41.1 Å². The number of nitrogens with one attached hydrogen (secondary N) is 1. The Hall–Kier alpha value is -2.43. The van der Waals surface area contributed by atoms with E-state index in [0.29, 0.717) is 11.8 Å². The van der Waals surface area contributed by atoms with Gasteiger partial charge in [0, 0.05) is 10.4 Å². The van der Waals surface area contributed by atoms with Crippen molar-refractivity contribution in [3.05, 3.63) is 57.4 Å². The first-order chi connectivity index (χ1) is 14.1. The highest BCUT2D eigenvalue weighted by Gasteiger charge is 2.34. The number of benzene rings is 1. The molecule has 0 saturated heterocycles. The third kappa shape index (κ3) is 5.59. The molecule has 0 bridgehead atoms. The number of thiazole rings is 1. The van der Waals surface area contributed by atoms with Gasteiger partial charge >= 0.3 is 12.1 Å². The van der Waals surface area contributed by atoms with Gasteiger partial charge in [0.15, 0.2) is 6.10 Å². The molecule has 0 aliphatic heterocycles. The first-order valence-electron chi connectivity index (χ1n) is 8.49. The summed E-state index contributed by atoms with van der Waals surface area (Å²) in [6.07, 6.45) is -6.17. The van der Waals surface area contributed by atoms with Crippen molar-refractivity contribution in [1.82, 2.24) is 4.98 Å². The van der Waals surface area contributed by atoms with E-state index in [-0.39, 0.29) is 11.4 Å². The van der Waals surface area contributed by atoms with Gasteiger partial charge in [-0.3, -0.25) is 9.59 Å². The van der Waals surface area contributed by atoms with Crippen LogP contribution in [0.5, 0.6) is 0 Å². The Labute approximate surface area is 182 Å². The van der Waals surface area contributed by atoms with E-state index in [0.717, 1.165) is 16.0 Å². The van der Waals surface area contributed by atoms with Gasteiger partial charge in [0.2, 0.25) is 0 Å². The summed E-state index contributed by atoms with van der Waals surface area (Å²) in [4.78, 5) is 29.7. The highest BCUT2D eigenvalue weighted by molar-refractivity contribution is 7.20. The van der Waals surface area contributed by atoms with E-state index in [1.165, 1.54) is 35.7 Å². The molecule has 0 saturated carbocycles. The lowest BCUT2D eigenvalue weighted by atomic mass is 10.1. The Balaban J connectivity index is 1.60. The van der Waals surface area contributed by atoms with Gasteiger partial charge in [-0.25, -0.2) is 4.98 Å². The number of carbonyl (C=O) groups excluding carboxylic acids is 2. The van der Waals surface area contributed by atoms with Crippen molar-refractivity contribution < 1.29 is 27.5 Å². The van der Waals surface area contributed by atoms with E-state index in [4.69, 9.17) is 16.3 Å². The van der Waals surface area contributed by atoms with Gasteiger partial charge in [0.25, 0.3) is 5.91 Å². The summed E-state index contributed by atoms with van der Waals surface area (Å²) in [6, 6.07) is 6.77. The number of aromatic nitrogens is 1. The highest BCUT2D eigenvalue weighted by Crippen LogP contribution is 2.36. The van der Waals surface area contributed by atoms with Gasteiger partial charge in [-0.15, -0.1) is 22.7 Å². The summed E-state index contributed by atoms with van der Waals surface area (Å²) in [6.45, 7) is 1.27. The Bertz CT molecular complexity index is 1050. The van der Waals surface area contributed by atoms with Crippen molar-refractivity contribution in [1.29, 1.82) is 0 Å². The molecule has 1 amide bonds. The normalized spacial score (nSPS) is 12.4. The summed E-state index contributed by atoms with van der Waals surface area (Å²) >= 11 is 8.51. The van der Waals surface area contributed by atoms with Crippen LogP contribution in [-0.4, -0.2) is 23.0 Å². The van der Waals surface area contributed by atoms with E-state index in [1.807, 2.05) is 17.5 Å². The number of nitrogens with zero attached hydrogens (tertiary/aromatic N) is 1. The molecule has 11 heteroatoms. The largest absolute Gasteiger partial charge is 0.452 e. The minimum Gasteiger partial charge on any atom is -0.452 e. The molecular weight excluding hydrogens is 461 g/mol. The van der Waals surface area contributed by atoms with Crippen LogP contribution in [-0.2, 0) is 26.9 Å². The van der Waals surface area contributed by atoms with Gasteiger partial charge < -0.3 is 10.1 Å². The molecule has 3 aromatic rings. The van der Waals surface area contributed by atoms with Crippen LogP contribution in [0.1, 0.15) is 18.2 Å². The fourth-order valence-corrected chi connectivity index (χ4v) is 4.24. The molecule has 2 heterocycles. The number of thiophene rings is 1. The number of ether oxygens (including phenoxy) is 1. The van der Waals surface area contributed by atoms with Crippen LogP contribution in [0, 0.1) is 0 Å². The second kappa shape index (κ2) is 9.15. The SMILES string of the molecule is CC(OC(=O)Cc1csc(-c2cccs2)n1)C(=O)Nc1ccc(Cl)cc1C(F)(F)F. The van der Waals surface area contributed by atoms with Gasteiger partial charge in [-0.2, -0.15) is 13.2 Å². The van der Waals surface area contributed by atoms with Crippen molar-refractivity contribution in [2.45, 2.75) is 25.6 Å². The Morgan fingerprint density at radius 3 is 2.70 bits per heavy atom. The number of carbonyl (C=O) groups is 2. The zero-order chi connectivity index (χ0) is 21.9. The van der Waals surface area contributed by atoms with Gasteiger partial charge in [-0.05, 0) is 36.6 Å². The molecule has 3 rings (SSSR count). The maximum atomic E-state index is 13.1. The highest BCUT2D eigenvalue weighted by atomic mass is 35.5. The van der Waals surface area contributed by atoms with Gasteiger partial charge in [0.05, 0.1) is 28.2 Å². The summed E-state index contributed by atoms with van der Waals surface area (Å²) in [5.74, 6) is -1.61.